The number of aromatic nitrogens is 4. The minimum Gasteiger partial charge on any atom is -0.334 e. The molecule has 0 radical (unpaired) electrons. The van der Waals surface area contributed by atoms with Gasteiger partial charge in [0.1, 0.15) is 0 Å². The van der Waals surface area contributed by atoms with Crippen molar-refractivity contribution in [3.63, 3.8) is 0 Å². The standard InChI is InChI=1S/C18H14N4OS/c1-2-16-20-15(11-24-16)13-4-3-5-14(10-13)17-21-18(23-22-17)12-6-8-19-9-7-12/h3-11H,2H2,1H3. The molecular formula is C18H14N4OS. The van der Waals surface area contributed by atoms with Crippen molar-refractivity contribution >= 4 is 11.3 Å². The Hall–Kier alpha value is -2.86. The van der Waals surface area contributed by atoms with Gasteiger partial charge in [0.25, 0.3) is 5.89 Å². The van der Waals surface area contributed by atoms with E-state index in [4.69, 9.17) is 4.52 Å². The zero-order chi connectivity index (χ0) is 16.4. The maximum Gasteiger partial charge on any atom is 0.258 e. The maximum absolute atomic E-state index is 5.37. The third-order valence-electron chi connectivity index (χ3n) is 3.62. The quantitative estimate of drug-likeness (QED) is 0.550. The molecule has 1 aromatic carbocycles. The van der Waals surface area contributed by atoms with Crippen molar-refractivity contribution in [2.24, 2.45) is 0 Å². The van der Waals surface area contributed by atoms with Crippen LogP contribution in [-0.4, -0.2) is 20.1 Å². The molecule has 0 spiro atoms. The molecule has 0 aliphatic heterocycles. The fraction of sp³-hybridized carbons (Fsp3) is 0.111. The van der Waals surface area contributed by atoms with E-state index >= 15 is 0 Å². The van der Waals surface area contributed by atoms with E-state index in [1.807, 2.05) is 36.4 Å². The van der Waals surface area contributed by atoms with Crippen molar-refractivity contribution in [3.8, 4) is 34.1 Å². The van der Waals surface area contributed by atoms with Gasteiger partial charge in [0.2, 0.25) is 5.82 Å². The first kappa shape index (κ1) is 14.7. The van der Waals surface area contributed by atoms with Crippen molar-refractivity contribution in [1.82, 2.24) is 20.1 Å². The molecule has 0 fully saturated rings. The summed E-state index contributed by atoms with van der Waals surface area (Å²) in [6.45, 7) is 2.11. The van der Waals surface area contributed by atoms with E-state index in [1.54, 1.807) is 23.7 Å². The van der Waals surface area contributed by atoms with E-state index in [2.05, 4.69) is 32.4 Å². The highest BCUT2D eigenvalue weighted by Crippen LogP contribution is 2.27. The Morgan fingerprint density at radius 2 is 1.83 bits per heavy atom. The fourth-order valence-corrected chi connectivity index (χ4v) is 3.13. The molecule has 24 heavy (non-hydrogen) atoms. The molecule has 0 saturated carbocycles. The van der Waals surface area contributed by atoms with Crippen LogP contribution in [0.5, 0.6) is 0 Å². The van der Waals surface area contributed by atoms with Crippen LogP contribution in [0.25, 0.3) is 34.1 Å². The van der Waals surface area contributed by atoms with Gasteiger partial charge >= 0.3 is 0 Å². The van der Waals surface area contributed by atoms with Crippen LogP contribution in [0.1, 0.15) is 11.9 Å². The lowest BCUT2D eigenvalue weighted by atomic mass is 10.1. The Labute approximate surface area is 143 Å². The molecule has 3 aromatic heterocycles. The number of pyridine rings is 1. The summed E-state index contributed by atoms with van der Waals surface area (Å²) in [4.78, 5) is 13.1. The summed E-state index contributed by atoms with van der Waals surface area (Å²) < 4.78 is 5.37. The zero-order valence-electron chi connectivity index (χ0n) is 13.0. The van der Waals surface area contributed by atoms with Crippen molar-refractivity contribution in [2.75, 3.05) is 0 Å². The van der Waals surface area contributed by atoms with E-state index in [9.17, 15) is 0 Å². The summed E-state index contributed by atoms with van der Waals surface area (Å²) >= 11 is 1.68. The third-order valence-corrected chi connectivity index (χ3v) is 4.62. The SMILES string of the molecule is CCc1nc(-c2cccc(-c3noc(-c4ccncc4)n3)c2)cs1. The van der Waals surface area contributed by atoms with Gasteiger partial charge in [-0.1, -0.05) is 30.3 Å². The molecule has 5 nitrogen and oxygen atoms in total. The van der Waals surface area contributed by atoms with Gasteiger partial charge in [-0.3, -0.25) is 4.98 Å². The number of thiazole rings is 1. The Balaban J connectivity index is 1.68. The van der Waals surface area contributed by atoms with Gasteiger partial charge in [0.15, 0.2) is 0 Å². The first-order chi connectivity index (χ1) is 11.8. The zero-order valence-corrected chi connectivity index (χ0v) is 13.8. The molecule has 0 saturated heterocycles. The third kappa shape index (κ3) is 2.83. The molecule has 4 rings (SSSR count). The number of nitrogens with zero attached hydrogens (tertiary/aromatic N) is 4. The van der Waals surface area contributed by atoms with E-state index in [-0.39, 0.29) is 0 Å². The predicted molar refractivity (Wildman–Crippen MR) is 93.5 cm³/mol. The van der Waals surface area contributed by atoms with Crippen LogP contribution in [0.3, 0.4) is 0 Å². The van der Waals surface area contributed by atoms with Crippen LogP contribution < -0.4 is 0 Å². The largest absolute Gasteiger partial charge is 0.334 e. The van der Waals surface area contributed by atoms with Gasteiger partial charge in [0.05, 0.1) is 10.7 Å². The molecule has 0 aliphatic rings. The summed E-state index contributed by atoms with van der Waals surface area (Å²) in [5, 5.41) is 7.31. The fourth-order valence-electron chi connectivity index (χ4n) is 2.38. The van der Waals surface area contributed by atoms with Crippen molar-refractivity contribution in [3.05, 3.63) is 59.2 Å². The van der Waals surface area contributed by atoms with Crippen molar-refractivity contribution in [1.29, 1.82) is 0 Å². The summed E-state index contributed by atoms with van der Waals surface area (Å²) in [6, 6.07) is 11.7. The minimum atomic E-state index is 0.486. The minimum absolute atomic E-state index is 0.486. The lowest BCUT2D eigenvalue weighted by Gasteiger charge is -1.99. The second-order valence-corrected chi connectivity index (χ2v) is 6.16. The maximum atomic E-state index is 5.37. The second kappa shape index (κ2) is 6.33. The predicted octanol–water partition coefficient (Wildman–Crippen LogP) is 4.48. The van der Waals surface area contributed by atoms with E-state index < -0.39 is 0 Å². The van der Waals surface area contributed by atoms with E-state index in [0.717, 1.165) is 33.8 Å². The highest BCUT2D eigenvalue weighted by molar-refractivity contribution is 7.09. The van der Waals surface area contributed by atoms with Gasteiger partial charge in [-0.05, 0) is 24.6 Å². The van der Waals surface area contributed by atoms with Gasteiger partial charge in [-0.2, -0.15) is 4.98 Å². The Morgan fingerprint density at radius 1 is 1.00 bits per heavy atom. The van der Waals surface area contributed by atoms with Gasteiger partial charge in [0, 0.05) is 34.5 Å². The molecule has 4 aromatic rings. The average molecular weight is 334 g/mol. The summed E-state index contributed by atoms with van der Waals surface area (Å²) in [7, 11) is 0. The number of rotatable bonds is 4. The molecule has 0 atom stereocenters. The summed E-state index contributed by atoms with van der Waals surface area (Å²) in [5.74, 6) is 1.05. The van der Waals surface area contributed by atoms with Crippen molar-refractivity contribution < 1.29 is 4.52 Å². The lowest BCUT2D eigenvalue weighted by molar-refractivity contribution is 0.432. The van der Waals surface area contributed by atoms with Crippen LogP contribution >= 0.6 is 11.3 Å². The Kier molecular flexibility index (Phi) is 3.88. The van der Waals surface area contributed by atoms with Gasteiger partial charge in [-0.15, -0.1) is 11.3 Å². The molecule has 118 valence electrons. The molecule has 0 amide bonds. The molecule has 0 unspecified atom stereocenters. The highest BCUT2D eigenvalue weighted by Gasteiger charge is 2.12. The van der Waals surface area contributed by atoms with Crippen LogP contribution in [-0.2, 0) is 6.42 Å². The lowest BCUT2D eigenvalue weighted by Crippen LogP contribution is -1.85. The number of benzene rings is 1. The molecule has 3 heterocycles. The van der Waals surface area contributed by atoms with Crippen LogP contribution in [0.2, 0.25) is 0 Å². The average Bonchev–Trinajstić information content (AvgIpc) is 3.32. The monoisotopic (exact) mass is 334 g/mol. The summed E-state index contributed by atoms with van der Waals surface area (Å²) in [5.41, 5.74) is 3.80. The molecule has 0 aliphatic carbocycles. The Bertz CT molecular complexity index is 962. The van der Waals surface area contributed by atoms with Gasteiger partial charge < -0.3 is 4.52 Å². The van der Waals surface area contributed by atoms with E-state index in [1.165, 1.54) is 0 Å². The highest BCUT2D eigenvalue weighted by atomic mass is 32.1. The second-order valence-electron chi connectivity index (χ2n) is 5.22. The smallest absolute Gasteiger partial charge is 0.258 e. The van der Waals surface area contributed by atoms with Crippen molar-refractivity contribution in [2.45, 2.75) is 13.3 Å². The van der Waals surface area contributed by atoms with Crippen LogP contribution in [0.15, 0.2) is 58.7 Å². The first-order valence-electron chi connectivity index (χ1n) is 7.63. The van der Waals surface area contributed by atoms with Crippen LogP contribution in [0, 0.1) is 0 Å². The topological polar surface area (TPSA) is 64.7 Å². The first-order valence-corrected chi connectivity index (χ1v) is 8.51. The number of hydrogen-bond donors (Lipinski definition) is 0. The summed E-state index contributed by atoms with van der Waals surface area (Å²) in [6.07, 6.45) is 4.35. The van der Waals surface area contributed by atoms with Gasteiger partial charge in [-0.25, -0.2) is 4.98 Å². The normalized spacial score (nSPS) is 10.9. The molecular weight excluding hydrogens is 320 g/mol. The van der Waals surface area contributed by atoms with Crippen LogP contribution in [0.4, 0.5) is 0 Å². The van der Waals surface area contributed by atoms with E-state index in [0.29, 0.717) is 11.7 Å². The number of hydrogen-bond acceptors (Lipinski definition) is 6. The molecule has 6 heteroatoms. The molecule has 0 N–H and O–H groups in total. The molecule has 0 bridgehead atoms. The number of aryl methyl sites for hydroxylation is 1. The Morgan fingerprint density at radius 3 is 2.62 bits per heavy atom.